The summed E-state index contributed by atoms with van der Waals surface area (Å²) in [5.41, 5.74) is -0.456. The van der Waals surface area contributed by atoms with Crippen molar-refractivity contribution in [3.8, 4) is 0 Å². The highest BCUT2D eigenvalue weighted by Gasteiger charge is 2.48. The van der Waals surface area contributed by atoms with Crippen LogP contribution in [-0.2, 0) is 14.2 Å². The van der Waals surface area contributed by atoms with Crippen LogP contribution in [0.3, 0.4) is 0 Å². The Morgan fingerprint density at radius 3 is 1.82 bits per heavy atom. The normalized spacial score (nSPS) is 27.0. The number of ether oxygens (including phenoxy) is 3. The van der Waals surface area contributed by atoms with Gasteiger partial charge in [0.1, 0.15) is 17.6 Å². The fourth-order valence-electron chi connectivity index (χ4n) is 2.85. The molecule has 0 spiro atoms. The smallest absolute Gasteiger partial charge is 0.338 e. The van der Waals surface area contributed by atoms with E-state index in [-0.39, 0.29) is 11.1 Å². The first-order valence-corrected chi connectivity index (χ1v) is 9.17. The zero-order valence-corrected chi connectivity index (χ0v) is 15.6. The van der Waals surface area contributed by atoms with Crippen molar-refractivity contribution < 1.29 is 34.0 Å². The van der Waals surface area contributed by atoms with Crippen molar-refractivity contribution in [2.45, 2.75) is 29.9 Å². The number of esters is 2. The zero-order chi connectivity index (χ0) is 20.1. The molecule has 3 rings (SSSR count). The first kappa shape index (κ1) is 20.3. The molecule has 0 amide bonds. The topological polar surface area (TPSA) is 102 Å². The maximum atomic E-state index is 12.5. The minimum absolute atomic E-state index is 0.269. The van der Waals surface area contributed by atoms with Gasteiger partial charge in [-0.15, -0.1) is 12.6 Å². The van der Waals surface area contributed by atoms with Gasteiger partial charge in [0.25, 0.3) is 0 Å². The highest BCUT2D eigenvalue weighted by molar-refractivity contribution is 7.80. The quantitative estimate of drug-likeness (QED) is 0.512. The summed E-state index contributed by atoms with van der Waals surface area (Å²) in [5, 5.41) is 19.9. The minimum Gasteiger partial charge on any atom is -0.452 e. The molecule has 28 heavy (non-hydrogen) atoms. The molecule has 148 valence electrons. The van der Waals surface area contributed by atoms with Crippen molar-refractivity contribution in [2.24, 2.45) is 0 Å². The summed E-state index contributed by atoms with van der Waals surface area (Å²) in [4.78, 5) is 24.9. The van der Waals surface area contributed by atoms with E-state index in [0.717, 1.165) is 0 Å². The summed E-state index contributed by atoms with van der Waals surface area (Å²) in [6.45, 7) is -0.517. The highest BCUT2D eigenvalue weighted by atomic mass is 32.1. The van der Waals surface area contributed by atoms with Crippen molar-refractivity contribution >= 4 is 24.6 Å². The van der Waals surface area contributed by atoms with Crippen molar-refractivity contribution in [1.82, 2.24) is 0 Å². The molecule has 0 aliphatic carbocycles. The Hall–Kier alpha value is -2.39. The van der Waals surface area contributed by atoms with Crippen LogP contribution >= 0.6 is 12.6 Å². The van der Waals surface area contributed by atoms with Gasteiger partial charge in [0.05, 0.1) is 17.7 Å². The van der Waals surface area contributed by atoms with E-state index in [2.05, 4.69) is 12.6 Å². The van der Waals surface area contributed by atoms with Gasteiger partial charge in [-0.1, -0.05) is 36.4 Å². The lowest BCUT2D eigenvalue weighted by molar-refractivity contribution is -0.206. The molecule has 5 atom stereocenters. The van der Waals surface area contributed by atoms with Crippen molar-refractivity contribution in [1.29, 1.82) is 0 Å². The summed E-state index contributed by atoms with van der Waals surface area (Å²) in [7, 11) is 0. The Bertz CT molecular complexity index is 799. The minimum atomic E-state index is -1.41. The number of hydrogen-bond donors (Lipinski definition) is 3. The second-order valence-corrected chi connectivity index (χ2v) is 6.72. The molecule has 1 fully saturated rings. The Balaban J connectivity index is 1.82. The number of aliphatic hydroxyl groups is 2. The van der Waals surface area contributed by atoms with Gasteiger partial charge in [-0.3, -0.25) is 0 Å². The van der Waals surface area contributed by atoms with Crippen molar-refractivity contribution in [2.75, 3.05) is 6.61 Å². The van der Waals surface area contributed by atoms with Crippen LogP contribution < -0.4 is 0 Å². The van der Waals surface area contributed by atoms with Gasteiger partial charge in [-0.2, -0.15) is 0 Å². The fraction of sp³-hybridized carbons (Fsp3) is 0.300. The van der Waals surface area contributed by atoms with Crippen molar-refractivity contribution in [3.63, 3.8) is 0 Å². The van der Waals surface area contributed by atoms with E-state index < -0.39 is 48.4 Å². The maximum Gasteiger partial charge on any atom is 0.338 e. The van der Waals surface area contributed by atoms with Crippen LogP contribution in [0, 0.1) is 0 Å². The molecule has 0 radical (unpaired) electrons. The van der Waals surface area contributed by atoms with Gasteiger partial charge in [0.15, 0.2) is 12.2 Å². The number of carbonyl (C=O) groups excluding carboxylic acids is 2. The van der Waals surface area contributed by atoms with E-state index in [0.29, 0.717) is 0 Å². The Labute approximate surface area is 167 Å². The first-order valence-electron chi connectivity index (χ1n) is 8.65. The van der Waals surface area contributed by atoms with Crippen LogP contribution in [0.25, 0.3) is 0 Å². The number of aliphatic hydroxyl groups excluding tert-OH is 2. The van der Waals surface area contributed by atoms with Gasteiger partial charge in [-0.25, -0.2) is 9.59 Å². The molecule has 1 saturated heterocycles. The molecule has 0 saturated carbocycles. The summed E-state index contributed by atoms with van der Waals surface area (Å²) in [5.74, 6) is -1.38. The van der Waals surface area contributed by atoms with Gasteiger partial charge < -0.3 is 24.4 Å². The molecule has 1 heterocycles. The van der Waals surface area contributed by atoms with Gasteiger partial charge >= 0.3 is 11.9 Å². The van der Waals surface area contributed by atoms with E-state index >= 15 is 0 Å². The van der Waals surface area contributed by atoms with Crippen LogP contribution in [0.1, 0.15) is 20.7 Å². The predicted octanol–water partition coefficient (Wildman–Crippen LogP) is 1.45. The predicted molar refractivity (Wildman–Crippen MR) is 102 cm³/mol. The molecule has 0 aromatic heterocycles. The van der Waals surface area contributed by atoms with Gasteiger partial charge in [-0.05, 0) is 24.3 Å². The average molecular weight is 404 g/mol. The van der Waals surface area contributed by atoms with E-state index in [9.17, 15) is 19.8 Å². The molecule has 2 N–H and O–H groups in total. The SMILES string of the molecule is O=C(OC1[C@@H](O)C(CO)O[C@@H](S)[C@H]1OC(=O)c1ccccc1)c1ccccc1. The molecule has 1 aliphatic rings. The molecule has 2 unspecified atom stereocenters. The lowest BCUT2D eigenvalue weighted by Crippen LogP contribution is -2.59. The van der Waals surface area contributed by atoms with E-state index in [4.69, 9.17) is 14.2 Å². The summed E-state index contributed by atoms with van der Waals surface area (Å²) < 4.78 is 16.3. The third-order valence-electron chi connectivity index (χ3n) is 4.32. The fourth-order valence-corrected chi connectivity index (χ4v) is 3.24. The van der Waals surface area contributed by atoms with E-state index in [1.165, 1.54) is 0 Å². The molecule has 1 aliphatic heterocycles. The third kappa shape index (κ3) is 4.53. The Morgan fingerprint density at radius 1 is 0.893 bits per heavy atom. The number of thiol groups is 1. The molecule has 7 nitrogen and oxygen atoms in total. The first-order chi connectivity index (χ1) is 13.5. The van der Waals surface area contributed by atoms with Crippen LogP contribution in [-0.4, -0.2) is 58.6 Å². The van der Waals surface area contributed by atoms with Crippen LogP contribution in [0.15, 0.2) is 60.7 Å². The Morgan fingerprint density at radius 2 is 1.36 bits per heavy atom. The lowest BCUT2D eigenvalue weighted by atomic mass is 9.99. The molecular weight excluding hydrogens is 384 g/mol. The number of benzene rings is 2. The van der Waals surface area contributed by atoms with Crippen LogP contribution in [0.4, 0.5) is 0 Å². The Kier molecular flexibility index (Phi) is 6.69. The lowest BCUT2D eigenvalue weighted by Gasteiger charge is -2.41. The monoisotopic (exact) mass is 404 g/mol. The van der Waals surface area contributed by atoms with Crippen LogP contribution in [0.5, 0.6) is 0 Å². The van der Waals surface area contributed by atoms with E-state index in [1.54, 1.807) is 60.7 Å². The molecule has 2 aromatic carbocycles. The second kappa shape index (κ2) is 9.20. The molecule has 2 aromatic rings. The van der Waals surface area contributed by atoms with Crippen LogP contribution in [0.2, 0.25) is 0 Å². The summed E-state index contributed by atoms with van der Waals surface area (Å²) in [6, 6.07) is 16.4. The number of rotatable bonds is 5. The van der Waals surface area contributed by atoms with Crippen molar-refractivity contribution in [3.05, 3.63) is 71.8 Å². The third-order valence-corrected chi connectivity index (χ3v) is 4.74. The molecular formula is C20H20O7S. The average Bonchev–Trinajstić information content (AvgIpc) is 2.73. The number of hydrogen-bond acceptors (Lipinski definition) is 8. The summed E-state index contributed by atoms with van der Waals surface area (Å²) in [6.07, 6.45) is -4.90. The molecule has 0 bridgehead atoms. The van der Waals surface area contributed by atoms with Gasteiger partial charge in [0, 0.05) is 0 Å². The van der Waals surface area contributed by atoms with E-state index in [1.807, 2.05) is 0 Å². The zero-order valence-electron chi connectivity index (χ0n) is 14.8. The largest absolute Gasteiger partial charge is 0.452 e. The second-order valence-electron chi connectivity index (χ2n) is 6.21. The van der Waals surface area contributed by atoms with Gasteiger partial charge in [0.2, 0.25) is 0 Å². The maximum absolute atomic E-state index is 12.5. The number of carbonyl (C=O) groups is 2. The standard InChI is InChI=1S/C20H20O7S/c21-11-14-15(22)16(26-18(23)12-7-3-1-4-8-12)17(20(28)25-14)27-19(24)13-9-5-2-6-10-13/h1-10,14-17,20-22,28H,11H2/t14?,15-,16?,17-,20-/m0/s1. The highest BCUT2D eigenvalue weighted by Crippen LogP contribution is 2.29. The molecule has 8 heteroatoms. The summed E-state index contributed by atoms with van der Waals surface area (Å²) >= 11 is 4.25.